The molecule has 1 N–H and O–H groups in total. The molecule has 2 amide bonds. The number of anilines is 2. The number of para-hydroxylation sites is 1. The molecular formula is C21H16F3N3O2S. The van der Waals surface area contributed by atoms with E-state index >= 15 is 0 Å². The van der Waals surface area contributed by atoms with Gasteiger partial charge in [0.25, 0.3) is 5.91 Å². The van der Waals surface area contributed by atoms with Crippen molar-refractivity contribution in [2.45, 2.75) is 20.0 Å². The van der Waals surface area contributed by atoms with Gasteiger partial charge in [-0.05, 0) is 43.2 Å². The molecule has 2 aromatic carbocycles. The Hall–Kier alpha value is -3.25. The van der Waals surface area contributed by atoms with Crippen LogP contribution in [0.4, 0.5) is 24.5 Å². The minimum atomic E-state index is -4.71. The monoisotopic (exact) mass is 431 g/mol. The molecule has 0 saturated carbocycles. The number of nitriles is 1. The van der Waals surface area contributed by atoms with Gasteiger partial charge in [0.1, 0.15) is 16.7 Å². The van der Waals surface area contributed by atoms with Crippen LogP contribution in [0, 0.1) is 25.2 Å². The lowest BCUT2D eigenvalue weighted by atomic mass is 10.1. The zero-order chi connectivity index (χ0) is 22.1. The number of thioether (sulfide) groups is 1. The van der Waals surface area contributed by atoms with Crippen molar-refractivity contribution in [1.82, 2.24) is 0 Å². The maximum absolute atomic E-state index is 13.5. The summed E-state index contributed by atoms with van der Waals surface area (Å²) < 4.78 is 40.4. The summed E-state index contributed by atoms with van der Waals surface area (Å²) in [7, 11) is 0. The molecule has 3 rings (SSSR count). The van der Waals surface area contributed by atoms with Crippen molar-refractivity contribution in [2.75, 3.05) is 16.0 Å². The van der Waals surface area contributed by atoms with E-state index in [1.54, 1.807) is 25.1 Å². The molecular weight excluding hydrogens is 415 g/mol. The minimum Gasteiger partial charge on any atom is -0.321 e. The van der Waals surface area contributed by atoms with Gasteiger partial charge in [-0.3, -0.25) is 14.5 Å². The van der Waals surface area contributed by atoms with Crippen molar-refractivity contribution in [3.8, 4) is 6.07 Å². The molecule has 1 heterocycles. The molecule has 1 aliphatic rings. The van der Waals surface area contributed by atoms with Crippen LogP contribution in [0.1, 0.15) is 16.7 Å². The van der Waals surface area contributed by atoms with Crippen molar-refractivity contribution in [2.24, 2.45) is 0 Å². The number of benzene rings is 2. The highest BCUT2D eigenvalue weighted by Gasteiger charge is 2.40. The Morgan fingerprint density at radius 1 is 1.17 bits per heavy atom. The molecule has 0 spiro atoms. The number of carbonyl (C=O) groups is 2. The largest absolute Gasteiger partial charge is 0.418 e. The van der Waals surface area contributed by atoms with E-state index in [2.05, 4.69) is 5.32 Å². The number of nitrogens with zero attached hydrogens (tertiary/aromatic N) is 2. The van der Waals surface area contributed by atoms with Crippen LogP contribution in [0.2, 0.25) is 0 Å². The zero-order valence-corrected chi connectivity index (χ0v) is 16.8. The quantitative estimate of drug-likeness (QED) is 0.561. The predicted molar refractivity (Wildman–Crippen MR) is 109 cm³/mol. The Morgan fingerprint density at radius 3 is 2.53 bits per heavy atom. The number of hydrogen-bond acceptors (Lipinski definition) is 4. The van der Waals surface area contributed by atoms with Crippen LogP contribution in [-0.4, -0.2) is 17.6 Å². The summed E-state index contributed by atoms with van der Waals surface area (Å²) in [5, 5.41) is 12.1. The second kappa shape index (κ2) is 8.24. The third kappa shape index (κ3) is 4.04. The van der Waals surface area contributed by atoms with Gasteiger partial charge < -0.3 is 5.32 Å². The van der Waals surface area contributed by atoms with Crippen molar-refractivity contribution >= 4 is 35.0 Å². The van der Waals surface area contributed by atoms with Crippen LogP contribution in [0.5, 0.6) is 0 Å². The van der Waals surface area contributed by atoms with Crippen molar-refractivity contribution in [3.63, 3.8) is 0 Å². The van der Waals surface area contributed by atoms with Gasteiger partial charge in [-0.2, -0.15) is 18.4 Å². The number of alkyl halides is 3. The SMILES string of the molecule is Cc1cccc(NC(=O)/C(C#N)=C2/SCC(=O)N2c2ccccc2C(F)(F)F)c1C. The van der Waals surface area contributed by atoms with E-state index in [1.165, 1.54) is 12.1 Å². The smallest absolute Gasteiger partial charge is 0.321 e. The molecule has 0 unspecified atom stereocenters. The van der Waals surface area contributed by atoms with E-state index < -0.39 is 34.8 Å². The third-order valence-electron chi connectivity index (χ3n) is 4.64. The summed E-state index contributed by atoms with van der Waals surface area (Å²) in [6.45, 7) is 3.65. The van der Waals surface area contributed by atoms with Crippen LogP contribution in [0.25, 0.3) is 0 Å². The maximum Gasteiger partial charge on any atom is 0.418 e. The van der Waals surface area contributed by atoms with Gasteiger partial charge in [0.2, 0.25) is 5.91 Å². The Labute approximate surface area is 175 Å². The summed E-state index contributed by atoms with van der Waals surface area (Å²) in [6, 6.07) is 11.6. The Morgan fingerprint density at radius 2 is 1.87 bits per heavy atom. The zero-order valence-electron chi connectivity index (χ0n) is 16.0. The fourth-order valence-corrected chi connectivity index (χ4v) is 3.98. The van der Waals surface area contributed by atoms with Gasteiger partial charge >= 0.3 is 6.18 Å². The van der Waals surface area contributed by atoms with E-state index in [0.29, 0.717) is 5.69 Å². The molecule has 30 heavy (non-hydrogen) atoms. The van der Waals surface area contributed by atoms with Crippen molar-refractivity contribution in [1.29, 1.82) is 5.26 Å². The maximum atomic E-state index is 13.5. The van der Waals surface area contributed by atoms with Gasteiger partial charge in [0.05, 0.1) is 17.0 Å². The number of halogens is 3. The summed E-state index contributed by atoms with van der Waals surface area (Å²) in [5.41, 5.74) is 0.328. The van der Waals surface area contributed by atoms with E-state index in [9.17, 15) is 28.0 Å². The summed E-state index contributed by atoms with van der Waals surface area (Å²) in [6.07, 6.45) is -4.71. The lowest BCUT2D eigenvalue weighted by molar-refractivity contribution is -0.137. The average Bonchev–Trinajstić information content (AvgIpc) is 3.06. The number of aryl methyl sites for hydroxylation is 1. The van der Waals surface area contributed by atoms with Gasteiger partial charge in [-0.15, -0.1) is 0 Å². The Kier molecular flexibility index (Phi) is 5.89. The first kappa shape index (κ1) is 21.5. The van der Waals surface area contributed by atoms with Crippen molar-refractivity contribution in [3.05, 3.63) is 69.8 Å². The molecule has 0 aliphatic carbocycles. The molecule has 0 atom stereocenters. The molecule has 5 nitrogen and oxygen atoms in total. The van der Waals surface area contributed by atoms with E-state index in [1.807, 2.05) is 13.0 Å². The average molecular weight is 431 g/mol. The fourth-order valence-electron chi connectivity index (χ4n) is 2.98. The van der Waals surface area contributed by atoms with Gasteiger partial charge in [0, 0.05) is 5.69 Å². The highest BCUT2D eigenvalue weighted by molar-refractivity contribution is 8.04. The fraction of sp³-hybridized carbons (Fsp3) is 0.190. The summed E-state index contributed by atoms with van der Waals surface area (Å²) in [4.78, 5) is 26.0. The highest BCUT2D eigenvalue weighted by atomic mass is 32.2. The second-order valence-corrected chi connectivity index (χ2v) is 7.49. The number of amides is 2. The molecule has 154 valence electrons. The van der Waals surface area contributed by atoms with Gasteiger partial charge in [-0.1, -0.05) is 36.0 Å². The van der Waals surface area contributed by atoms with Crippen LogP contribution in [0.3, 0.4) is 0 Å². The first-order chi connectivity index (χ1) is 14.1. The lowest BCUT2D eigenvalue weighted by Gasteiger charge is -2.22. The molecule has 0 aromatic heterocycles. The molecule has 1 saturated heterocycles. The number of hydrogen-bond donors (Lipinski definition) is 1. The molecule has 0 radical (unpaired) electrons. The third-order valence-corrected chi connectivity index (χ3v) is 5.69. The Bertz CT molecular complexity index is 1100. The van der Waals surface area contributed by atoms with Crippen LogP contribution >= 0.6 is 11.8 Å². The predicted octanol–water partition coefficient (Wildman–Crippen LogP) is 4.78. The molecule has 1 fully saturated rings. The van der Waals surface area contributed by atoms with Gasteiger partial charge in [0.15, 0.2) is 0 Å². The summed E-state index contributed by atoms with van der Waals surface area (Å²) in [5.74, 6) is -1.61. The number of carbonyl (C=O) groups excluding carboxylic acids is 2. The summed E-state index contributed by atoms with van der Waals surface area (Å²) >= 11 is 0.857. The van der Waals surface area contributed by atoms with E-state index in [-0.39, 0.29) is 10.8 Å². The van der Waals surface area contributed by atoms with Crippen molar-refractivity contribution < 1.29 is 22.8 Å². The van der Waals surface area contributed by atoms with E-state index in [4.69, 9.17) is 0 Å². The first-order valence-corrected chi connectivity index (χ1v) is 9.77. The minimum absolute atomic E-state index is 0.123. The molecule has 1 aliphatic heterocycles. The standard InChI is InChI=1S/C21H16F3N3O2S/c1-12-6-5-8-16(13(12)2)26-19(29)14(10-25)20-27(18(28)11-30-20)17-9-4-3-7-15(17)21(22,23)24/h3-9H,11H2,1-2H3,(H,26,29)/b20-14+. The Balaban J connectivity index is 2.07. The normalized spacial score (nSPS) is 15.7. The number of rotatable bonds is 3. The second-order valence-electron chi connectivity index (χ2n) is 6.53. The van der Waals surface area contributed by atoms with Gasteiger partial charge in [-0.25, -0.2) is 0 Å². The molecule has 2 aromatic rings. The first-order valence-electron chi connectivity index (χ1n) is 8.79. The highest BCUT2D eigenvalue weighted by Crippen LogP contribution is 2.42. The van der Waals surface area contributed by atoms with E-state index in [0.717, 1.165) is 39.9 Å². The van der Waals surface area contributed by atoms with Crippen LogP contribution in [0.15, 0.2) is 53.1 Å². The lowest BCUT2D eigenvalue weighted by Crippen LogP contribution is -2.29. The molecule has 9 heteroatoms. The molecule has 0 bridgehead atoms. The topological polar surface area (TPSA) is 73.2 Å². The number of nitrogens with one attached hydrogen (secondary N) is 1. The van der Waals surface area contributed by atoms with Crippen LogP contribution in [-0.2, 0) is 15.8 Å². The van der Waals surface area contributed by atoms with Crippen LogP contribution < -0.4 is 10.2 Å².